The minimum Gasteiger partial charge on any atom is -0.303 e. The molecule has 0 atom stereocenters. The van der Waals surface area contributed by atoms with Gasteiger partial charge >= 0.3 is 0 Å². The van der Waals surface area contributed by atoms with Crippen LogP contribution in [0, 0.1) is 5.41 Å². The van der Waals surface area contributed by atoms with E-state index in [1.165, 1.54) is 25.7 Å². The highest BCUT2D eigenvalue weighted by atomic mass is 16.1. The van der Waals surface area contributed by atoms with Gasteiger partial charge in [-0.05, 0) is 11.8 Å². The molecule has 0 N–H and O–H groups in total. The zero-order valence-corrected chi connectivity index (χ0v) is 8.02. The van der Waals surface area contributed by atoms with Gasteiger partial charge in [-0.2, -0.15) is 0 Å². The third-order valence-corrected chi connectivity index (χ3v) is 2.09. The second-order valence-electron chi connectivity index (χ2n) is 3.99. The SMILES string of the molecule is CCCCCC(C)(C)CC=O. The Morgan fingerprint density at radius 3 is 2.36 bits per heavy atom. The van der Waals surface area contributed by atoms with Crippen LogP contribution in [0.5, 0.6) is 0 Å². The van der Waals surface area contributed by atoms with Gasteiger partial charge in [0.15, 0.2) is 0 Å². The molecule has 0 spiro atoms. The normalized spacial score (nSPS) is 11.5. The minimum atomic E-state index is 0.233. The van der Waals surface area contributed by atoms with Crippen molar-refractivity contribution in [2.45, 2.75) is 52.9 Å². The quantitative estimate of drug-likeness (QED) is 0.426. The summed E-state index contributed by atoms with van der Waals surface area (Å²) in [5.41, 5.74) is 0.233. The van der Waals surface area contributed by atoms with Crippen LogP contribution in [0.3, 0.4) is 0 Å². The van der Waals surface area contributed by atoms with Gasteiger partial charge in [0, 0.05) is 6.42 Å². The smallest absolute Gasteiger partial charge is 0.120 e. The van der Waals surface area contributed by atoms with E-state index in [1.54, 1.807) is 0 Å². The molecule has 0 aromatic carbocycles. The molecular formula is C10H20O. The van der Waals surface area contributed by atoms with Gasteiger partial charge in [0.25, 0.3) is 0 Å². The van der Waals surface area contributed by atoms with Crippen molar-refractivity contribution in [3.8, 4) is 0 Å². The summed E-state index contributed by atoms with van der Waals surface area (Å²) in [6, 6.07) is 0. The van der Waals surface area contributed by atoms with Gasteiger partial charge in [-0.25, -0.2) is 0 Å². The van der Waals surface area contributed by atoms with Crippen LogP contribution in [0.4, 0.5) is 0 Å². The summed E-state index contributed by atoms with van der Waals surface area (Å²) in [6.07, 6.45) is 6.74. The Morgan fingerprint density at radius 1 is 1.27 bits per heavy atom. The first kappa shape index (κ1) is 10.7. The average molecular weight is 156 g/mol. The Balaban J connectivity index is 3.45. The van der Waals surface area contributed by atoms with E-state index >= 15 is 0 Å². The van der Waals surface area contributed by atoms with E-state index in [0.717, 1.165) is 6.29 Å². The predicted molar refractivity (Wildman–Crippen MR) is 48.6 cm³/mol. The minimum absolute atomic E-state index is 0.233. The number of unbranched alkanes of at least 4 members (excludes halogenated alkanes) is 2. The van der Waals surface area contributed by atoms with Crippen LogP contribution in [0.1, 0.15) is 52.9 Å². The van der Waals surface area contributed by atoms with Gasteiger partial charge in [-0.15, -0.1) is 0 Å². The van der Waals surface area contributed by atoms with Crippen molar-refractivity contribution >= 4 is 6.29 Å². The molecule has 0 amide bonds. The molecule has 0 bridgehead atoms. The Kier molecular flexibility index (Phi) is 5.18. The van der Waals surface area contributed by atoms with Crippen LogP contribution < -0.4 is 0 Å². The molecule has 0 saturated heterocycles. The number of carbonyl (C=O) groups is 1. The summed E-state index contributed by atoms with van der Waals surface area (Å²) < 4.78 is 0. The molecule has 0 saturated carbocycles. The summed E-state index contributed by atoms with van der Waals surface area (Å²) in [5.74, 6) is 0. The van der Waals surface area contributed by atoms with Crippen LogP contribution in [0.15, 0.2) is 0 Å². The lowest BCUT2D eigenvalue weighted by molar-refractivity contribution is -0.109. The van der Waals surface area contributed by atoms with Gasteiger partial charge in [-0.1, -0.05) is 40.0 Å². The molecule has 0 heterocycles. The van der Waals surface area contributed by atoms with Gasteiger partial charge < -0.3 is 4.79 Å². The van der Waals surface area contributed by atoms with Crippen LogP contribution in [-0.4, -0.2) is 6.29 Å². The maximum atomic E-state index is 10.3. The summed E-state index contributed by atoms with van der Waals surface area (Å²) in [7, 11) is 0. The van der Waals surface area contributed by atoms with E-state index in [-0.39, 0.29) is 5.41 Å². The van der Waals surface area contributed by atoms with Crippen LogP contribution in [-0.2, 0) is 4.79 Å². The lowest BCUT2D eigenvalue weighted by Crippen LogP contribution is -2.11. The van der Waals surface area contributed by atoms with E-state index in [9.17, 15) is 4.79 Å². The van der Waals surface area contributed by atoms with Gasteiger partial charge in [-0.3, -0.25) is 0 Å². The molecule has 0 unspecified atom stereocenters. The van der Waals surface area contributed by atoms with Crippen molar-refractivity contribution in [2.75, 3.05) is 0 Å². The van der Waals surface area contributed by atoms with Gasteiger partial charge in [0.05, 0.1) is 0 Å². The molecule has 1 heteroatoms. The molecule has 0 aliphatic heterocycles. The van der Waals surface area contributed by atoms with Crippen molar-refractivity contribution < 1.29 is 4.79 Å². The number of hydrogen-bond acceptors (Lipinski definition) is 1. The third kappa shape index (κ3) is 6.08. The number of rotatable bonds is 6. The van der Waals surface area contributed by atoms with E-state index in [4.69, 9.17) is 0 Å². The Labute approximate surface area is 70.2 Å². The van der Waals surface area contributed by atoms with Crippen molar-refractivity contribution in [1.82, 2.24) is 0 Å². The van der Waals surface area contributed by atoms with Crippen molar-refractivity contribution in [3.63, 3.8) is 0 Å². The Hall–Kier alpha value is -0.330. The highest BCUT2D eigenvalue weighted by molar-refractivity contribution is 5.50. The highest BCUT2D eigenvalue weighted by Gasteiger charge is 2.15. The van der Waals surface area contributed by atoms with Gasteiger partial charge in [0.1, 0.15) is 6.29 Å². The fraction of sp³-hybridized carbons (Fsp3) is 0.900. The summed E-state index contributed by atoms with van der Waals surface area (Å²) in [6.45, 7) is 6.53. The molecule has 0 aromatic rings. The molecule has 0 rings (SSSR count). The zero-order valence-electron chi connectivity index (χ0n) is 8.02. The zero-order chi connectivity index (χ0) is 8.74. The summed E-state index contributed by atoms with van der Waals surface area (Å²) >= 11 is 0. The second-order valence-corrected chi connectivity index (χ2v) is 3.99. The molecule has 0 fully saturated rings. The maximum absolute atomic E-state index is 10.3. The summed E-state index contributed by atoms with van der Waals surface area (Å²) in [4.78, 5) is 10.3. The van der Waals surface area contributed by atoms with Crippen molar-refractivity contribution in [3.05, 3.63) is 0 Å². The number of carbonyl (C=O) groups excluding carboxylic acids is 1. The molecule has 1 nitrogen and oxygen atoms in total. The lowest BCUT2D eigenvalue weighted by atomic mass is 9.84. The predicted octanol–water partition coefficient (Wildman–Crippen LogP) is 3.18. The van der Waals surface area contributed by atoms with E-state index in [0.29, 0.717) is 6.42 Å². The Bertz CT molecular complexity index is 105. The average Bonchev–Trinajstić information content (AvgIpc) is 1.87. The van der Waals surface area contributed by atoms with E-state index in [2.05, 4.69) is 20.8 Å². The fourth-order valence-corrected chi connectivity index (χ4v) is 1.18. The van der Waals surface area contributed by atoms with Gasteiger partial charge in [0.2, 0.25) is 0 Å². The van der Waals surface area contributed by atoms with Crippen LogP contribution >= 0.6 is 0 Å². The lowest BCUT2D eigenvalue weighted by Gasteiger charge is -2.20. The maximum Gasteiger partial charge on any atom is 0.120 e. The number of hydrogen-bond donors (Lipinski definition) is 0. The Morgan fingerprint density at radius 2 is 1.91 bits per heavy atom. The number of aldehydes is 1. The van der Waals surface area contributed by atoms with Crippen LogP contribution in [0.25, 0.3) is 0 Å². The first-order valence-corrected chi connectivity index (χ1v) is 4.56. The monoisotopic (exact) mass is 156 g/mol. The van der Waals surface area contributed by atoms with E-state index < -0.39 is 0 Å². The molecule has 66 valence electrons. The first-order chi connectivity index (χ1) is 5.12. The third-order valence-electron chi connectivity index (χ3n) is 2.09. The molecule has 0 aliphatic rings. The fourth-order valence-electron chi connectivity index (χ4n) is 1.18. The van der Waals surface area contributed by atoms with E-state index in [1.807, 2.05) is 0 Å². The molecule has 0 aromatic heterocycles. The molecule has 0 aliphatic carbocycles. The molecular weight excluding hydrogens is 136 g/mol. The summed E-state index contributed by atoms with van der Waals surface area (Å²) in [5, 5.41) is 0. The first-order valence-electron chi connectivity index (χ1n) is 4.56. The van der Waals surface area contributed by atoms with Crippen LogP contribution in [0.2, 0.25) is 0 Å². The topological polar surface area (TPSA) is 17.1 Å². The standard InChI is InChI=1S/C10H20O/c1-4-5-6-7-10(2,3)8-9-11/h9H,4-8H2,1-3H3. The largest absolute Gasteiger partial charge is 0.303 e. The van der Waals surface area contributed by atoms with Crippen molar-refractivity contribution in [1.29, 1.82) is 0 Å². The highest BCUT2D eigenvalue weighted by Crippen LogP contribution is 2.26. The molecule has 11 heavy (non-hydrogen) atoms. The molecule has 0 radical (unpaired) electrons. The van der Waals surface area contributed by atoms with Crippen molar-refractivity contribution in [2.24, 2.45) is 5.41 Å². The second kappa shape index (κ2) is 5.34.